The van der Waals surface area contributed by atoms with Gasteiger partial charge in [0.15, 0.2) is 0 Å². The summed E-state index contributed by atoms with van der Waals surface area (Å²) in [7, 11) is 0. The molecule has 5 nitrogen and oxygen atoms in total. The molecule has 1 aliphatic heterocycles. The average Bonchev–Trinajstić information content (AvgIpc) is 2.45. The number of amides is 1. The maximum Gasteiger partial charge on any atom is 0.256 e. The molecule has 1 saturated heterocycles. The van der Waals surface area contributed by atoms with Gasteiger partial charge >= 0.3 is 0 Å². The van der Waals surface area contributed by atoms with Crippen molar-refractivity contribution in [2.75, 3.05) is 38.5 Å². The van der Waals surface area contributed by atoms with Gasteiger partial charge in [-0.3, -0.25) is 9.69 Å². The fourth-order valence-electron chi connectivity index (χ4n) is 2.26. The molecule has 0 unspecified atom stereocenters. The van der Waals surface area contributed by atoms with Crippen LogP contribution in [0.15, 0.2) is 18.2 Å². The Balaban J connectivity index is 1.96. The van der Waals surface area contributed by atoms with Gasteiger partial charge < -0.3 is 10.6 Å². The Morgan fingerprint density at radius 3 is 2.65 bits per heavy atom. The molecule has 0 aliphatic carbocycles. The molecule has 0 saturated carbocycles. The first kappa shape index (κ1) is 14.3. The molecule has 2 N–H and O–H groups in total. The predicted molar refractivity (Wildman–Crippen MR) is 73.4 cm³/mol. The zero-order valence-electron chi connectivity index (χ0n) is 11.2. The van der Waals surface area contributed by atoms with E-state index in [1.165, 1.54) is 12.1 Å². The standard InChI is InChI=1S/C14H17FN4O/c15-13-10-11(17)2-3-12(13)14(20)19-8-6-18(7-9-19)5-1-4-16/h2-3,10H,1,5-9,17H2. The number of hydrogen-bond donors (Lipinski definition) is 1. The van der Waals surface area contributed by atoms with Gasteiger partial charge in [0.25, 0.3) is 5.91 Å². The van der Waals surface area contributed by atoms with Crippen LogP contribution in [-0.2, 0) is 0 Å². The molecular weight excluding hydrogens is 259 g/mol. The van der Waals surface area contributed by atoms with Crippen molar-refractivity contribution in [1.29, 1.82) is 5.26 Å². The Morgan fingerprint density at radius 2 is 2.05 bits per heavy atom. The second-order valence-electron chi connectivity index (χ2n) is 4.78. The van der Waals surface area contributed by atoms with E-state index in [0.717, 1.165) is 12.6 Å². The van der Waals surface area contributed by atoms with Gasteiger partial charge in [-0.2, -0.15) is 5.26 Å². The molecule has 1 amide bonds. The SMILES string of the molecule is N#CCCN1CCN(C(=O)c2ccc(N)cc2F)CC1. The molecule has 106 valence electrons. The lowest BCUT2D eigenvalue weighted by atomic mass is 10.1. The van der Waals surface area contributed by atoms with Crippen molar-refractivity contribution < 1.29 is 9.18 Å². The van der Waals surface area contributed by atoms with Crippen molar-refractivity contribution in [2.45, 2.75) is 6.42 Å². The van der Waals surface area contributed by atoms with Crippen molar-refractivity contribution in [3.63, 3.8) is 0 Å². The average molecular weight is 276 g/mol. The Morgan fingerprint density at radius 1 is 1.35 bits per heavy atom. The summed E-state index contributed by atoms with van der Waals surface area (Å²) in [6, 6.07) is 6.22. The second kappa shape index (κ2) is 6.35. The van der Waals surface area contributed by atoms with Crippen molar-refractivity contribution in [2.24, 2.45) is 0 Å². The Labute approximate surface area is 117 Å². The van der Waals surface area contributed by atoms with Crippen LogP contribution in [0.3, 0.4) is 0 Å². The van der Waals surface area contributed by atoms with Crippen LogP contribution in [0.5, 0.6) is 0 Å². The van der Waals surface area contributed by atoms with E-state index < -0.39 is 5.82 Å². The van der Waals surface area contributed by atoms with Crippen molar-refractivity contribution >= 4 is 11.6 Å². The number of nitrogens with zero attached hydrogens (tertiary/aromatic N) is 3. The molecule has 2 rings (SSSR count). The third-order valence-corrected chi connectivity index (χ3v) is 3.42. The van der Waals surface area contributed by atoms with Crippen LogP contribution in [0, 0.1) is 17.1 Å². The monoisotopic (exact) mass is 276 g/mol. The number of piperazine rings is 1. The first-order valence-corrected chi connectivity index (χ1v) is 6.55. The summed E-state index contributed by atoms with van der Waals surface area (Å²) in [5.41, 5.74) is 5.84. The minimum absolute atomic E-state index is 0.0599. The summed E-state index contributed by atoms with van der Waals surface area (Å²) >= 11 is 0. The first-order chi connectivity index (χ1) is 9.61. The van der Waals surface area contributed by atoms with Gasteiger partial charge in [0.1, 0.15) is 5.82 Å². The molecule has 1 aliphatic rings. The van der Waals surface area contributed by atoms with Crippen LogP contribution in [0.25, 0.3) is 0 Å². The smallest absolute Gasteiger partial charge is 0.256 e. The molecular formula is C14H17FN4O. The fourth-order valence-corrected chi connectivity index (χ4v) is 2.26. The molecule has 1 aromatic carbocycles. The highest BCUT2D eigenvalue weighted by molar-refractivity contribution is 5.94. The number of nitrogen functional groups attached to an aromatic ring is 1. The van der Waals surface area contributed by atoms with Gasteiger partial charge in [0, 0.05) is 44.8 Å². The maximum atomic E-state index is 13.7. The molecule has 20 heavy (non-hydrogen) atoms. The summed E-state index contributed by atoms with van der Waals surface area (Å²) in [5.74, 6) is -0.885. The minimum atomic E-state index is -0.582. The normalized spacial score (nSPS) is 15.9. The number of nitrogens with two attached hydrogens (primary N) is 1. The van der Waals surface area contributed by atoms with E-state index in [1.807, 2.05) is 0 Å². The number of benzene rings is 1. The number of hydrogen-bond acceptors (Lipinski definition) is 4. The molecule has 0 atom stereocenters. The van der Waals surface area contributed by atoms with Crippen LogP contribution in [0.2, 0.25) is 0 Å². The van der Waals surface area contributed by atoms with E-state index in [1.54, 1.807) is 4.90 Å². The van der Waals surface area contributed by atoms with E-state index in [4.69, 9.17) is 11.0 Å². The number of carbonyl (C=O) groups is 1. The lowest BCUT2D eigenvalue weighted by Gasteiger charge is -2.34. The van der Waals surface area contributed by atoms with Gasteiger partial charge in [-0.15, -0.1) is 0 Å². The number of carbonyl (C=O) groups excluding carboxylic acids is 1. The summed E-state index contributed by atoms with van der Waals surface area (Å²) < 4.78 is 13.7. The highest BCUT2D eigenvalue weighted by Gasteiger charge is 2.23. The third kappa shape index (κ3) is 3.25. The van der Waals surface area contributed by atoms with Crippen molar-refractivity contribution in [3.05, 3.63) is 29.6 Å². The van der Waals surface area contributed by atoms with Crippen LogP contribution in [0.4, 0.5) is 10.1 Å². The Hall–Kier alpha value is -2.13. The van der Waals surface area contributed by atoms with E-state index in [9.17, 15) is 9.18 Å². The first-order valence-electron chi connectivity index (χ1n) is 6.55. The third-order valence-electron chi connectivity index (χ3n) is 3.42. The zero-order valence-corrected chi connectivity index (χ0v) is 11.2. The quantitative estimate of drug-likeness (QED) is 0.838. The molecule has 6 heteroatoms. The van der Waals surface area contributed by atoms with Gasteiger partial charge in [0.05, 0.1) is 11.6 Å². The van der Waals surface area contributed by atoms with Gasteiger partial charge in [-0.05, 0) is 18.2 Å². The highest BCUT2D eigenvalue weighted by Crippen LogP contribution is 2.15. The summed E-state index contributed by atoms with van der Waals surface area (Å²) in [6.07, 6.45) is 0.487. The topological polar surface area (TPSA) is 73.4 Å². The lowest BCUT2D eigenvalue weighted by Crippen LogP contribution is -2.49. The number of anilines is 1. The molecule has 1 aromatic rings. The Bertz CT molecular complexity index is 532. The summed E-state index contributed by atoms with van der Waals surface area (Å²) in [4.78, 5) is 16.0. The Kier molecular flexibility index (Phi) is 4.53. The van der Waals surface area contributed by atoms with E-state index in [2.05, 4.69) is 11.0 Å². The zero-order chi connectivity index (χ0) is 14.5. The minimum Gasteiger partial charge on any atom is -0.399 e. The van der Waals surface area contributed by atoms with E-state index >= 15 is 0 Å². The van der Waals surface area contributed by atoms with Crippen LogP contribution >= 0.6 is 0 Å². The van der Waals surface area contributed by atoms with Gasteiger partial charge in [-0.25, -0.2) is 4.39 Å². The van der Waals surface area contributed by atoms with E-state index in [-0.39, 0.29) is 11.5 Å². The predicted octanol–water partition coefficient (Wildman–Crippen LogP) is 1.08. The lowest BCUT2D eigenvalue weighted by molar-refractivity contribution is 0.0635. The fraction of sp³-hybridized carbons (Fsp3) is 0.429. The van der Waals surface area contributed by atoms with Crippen LogP contribution in [0.1, 0.15) is 16.8 Å². The van der Waals surface area contributed by atoms with Crippen LogP contribution < -0.4 is 5.73 Å². The molecule has 1 fully saturated rings. The number of nitriles is 1. The van der Waals surface area contributed by atoms with Gasteiger partial charge in [-0.1, -0.05) is 0 Å². The number of rotatable bonds is 3. The summed E-state index contributed by atoms with van der Waals surface area (Å²) in [6.45, 7) is 3.24. The van der Waals surface area contributed by atoms with Crippen molar-refractivity contribution in [3.8, 4) is 6.07 Å². The van der Waals surface area contributed by atoms with Crippen LogP contribution in [-0.4, -0.2) is 48.4 Å². The van der Waals surface area contributed by atoms with Gasteiger partial charge in [0.2, 0.25) is 0 Å². The molecule has 0 spiro atoms. The second-order valence-corrected chi connectivity index (χ2v) is 4.78. The molecule has 0 bridgehead atoms. The largest absolute Gasteiger partial charge is 0.399 e. The maximum absolute atomic E-state index is 13.7. The van der Waals surface area contributed by atoms with E-state index in [0.29, 0.717) is 38.3 Å². The molecule has 1 heterocycles. The molecule has 0 radical (unpaired) electrons. The van der Waals surface area contributed by atoms with Crippen molar-refractivity contribution in [1.82, 2.24) is 9.80 Å². The molecule has 0 aromatic heterocycles. The summed E-state index contributed by atoms with van der Waals surface area (Å²) in [5, 5.41) is 8.55. The highest BCUT2D eigenvalue weighted by atomic mass is 19.1. The number of halogens is 1.